The summed E-state index contributed by atoms with van der Waals surface area (Å²) in [7, 11) is 1.72. The summed E-state index contributed by atoms with van der Waals surface area (Å²) in [6.07, 6.45) is 0. The quantitative estimate of drug-likeness (QED) is 0.365. The van der Waals surface area contributed by atoms with Crippen LogP contribution in [0.1, 0.15) is 16.1 Å². The maximum absolute atomic E-state index is 13.0. The van der Waals surface area contributed by atoms with Crippen LogP contribution in [0.3, 0.4) is 0 Å². The number of oxazole rings is 1. The average molecular weight is 482 g/mol. The Morgan fingerprint density at radius 1 is 0.972 bits per heavy atom. The van der Waals surface area contributed by atoms with E-state index in [9.17, 15) is 14.4 Å². The second kappa shape index (κ2) is 9.38. The van der Waals surface area contributed by atoms with Crippen LogP contribution in [0.25, 0.3) is 28.2 Å². The molecule has 36 heavy (non-hydrogen) atoms. The first-order chi connectivity index (χ1) is 17.4. The van der Waals surface area contributed by atoms with Crippen molar-refractivity contribution in [2.75, 3.05) is 11.9 Å². The normalized spacial score (nSPS) is 10.9. The number of rotatable bonds is 6. The number of benzene rings is 3. The van der Waals surface area contributed by atoms with E-state index in [1.165, 1.54) is 4.68 Å². The standard InChI is InChI=1S/C27H22N4O5/c1-17-24(26(33)31(30(17)2)18-10-4-3-5-11-18)29-23(32)16-35-27(34)20-13-7-6-12-19(20)25-28-21-14-8-9-15-22(21)36-25/h3-15H,16H2,1-2H3,(H,29,32). The van der Waals surface area contributed by atoms with E-state index in [2.05, 4.69) is 10.3 Å². The van der Waals surface area contributed by atoms with Crippen molar-refractivity contribution in [1.82, 2.24) is 14.3 Å². The van der Waals surface area contributed by atoms with Crippen LogP contribution in [0.4, 0.5) is 5.69 Å². The molecule has 0 bridgehead atoms. The van der Waals surface area contributed by atoms with E-state index in [4.69, 9.17) is 9.15 Å². The first-order valence-electron chi connectivity index (χ1n) is 11.2. The maximum Gasteiger partial charge on any atom is 0.339 e. The number of aromatic nitrogens is 3. The fourth-order valence-electron chi connectivity index (χ4n) is 3.93. The fraction of sp³-hybridized carbons (Fsp3) is 0.111. The van der Waals surface area contributed by atoms with Gasteiger partial charge in [0.25, 0.3) is 11.5 Å². The number of hydrogen-bond donors (Lipinski definition) is 1. The van der Waals surface area contributed by atoms with Crippen molar-refractivity contribution < 1.29 is 18.7 Å². The van der Waals surface area contributed by atoms with Crippen molar-refractivity contribution in [1.29, 1.82) is 0 Å². The van der Waals surface area contributed by atoms with Crippen LogP contribution >= 0.6 is 0 Å². The summed E-state index contributed by atoms with van der Waals surface area (Å²) < 4.78 is 14.2. The molecule has 5 rings (SSSR count). The van der Waals surface area contributed by atoms with Crippen LogP contribution in [0.5, 0.6) is 0 Å². The highest BCUT2D eigenvalue weighted by atomic mass is 16.5. The molecular weight excluding hydrogens is 460 g/mol. The number of carbonyl (C=O) groups excluding carboxylic acids is 2. The van der Waals surface area contributed by atoms with E-state index >= 15 is 0 Å². The third-order valence-corrected chi connectivity index (χ3v) is 5.82. The molecule has 0 fully saturated rings. The first kappa shape index (κ1) is 22.9. The van der Waals surface area contributed by atoms with Crippen LogP contribution in [0.15, 0.2) is 88.1 Å². The molecule has 0 radical (unpaired) electrons. The SMILES string of the molecule is Cc1c(NC(=O)COC(=O)c2ccccc2-c2nc3ccccc3o2)c(=O)n(-c2ccccc2)n1C. The number of fused-ring (bicyclic) bond motifs is 1. The predicted molar refractivity (Wildman–Crippen MR) is 134 cm³/mol. The highest BCUT2D eigenvalue weighted by molar-refractivity contribution is 5.99. The van der Waals surface area contributed by atoms with Gasteiger partial charge in [-0.2, -0.15) is 0 Å². The maximum atomic E-state index is 13.0. The number of carbonyl (C=O) groups is 2. The lowest BCUT2D eigenvalue weighted by Gasteiger charge is -2.08. The number of para-hydroxylation sites is 3. The summed E-state index contributed by atoms with van der Waals surface area (Å²) in [6, 6.07) is 23.1. The number of nitrogens with one attached hydrogen (secondary N) is 1. The number of esters is 1. The van der Waals surface area contributed by atoms with Crippen molar-refractivity contribution in [3.05, 3.63) is 100 Å². The number of nitrogens with zero attached hydrogens (tertiary/aromatic N) is 3. The van der Waals surface area contributed by atoms with Gasteiger partial charge in [-0.15, -0.1) is 0 Å². The summed E-state index contributed by atoms with van der Waals surface area (Å²) in [5.74, 6) is -1.07. The Morgan fingerprint density at radius 3 is 2.44 bits per heavy atom. The molecule has 9 heteroatoms. The lowest BCUT2D eigenvalue weighted by molar-refractivity contribution is -0.119. The summed E-state index contributed by atoms with van der Waals surface area (Å²) in [5, 5.41) is 2.58. The van der Waals surface area contributed by atoms with Crippen molar-refractivity contribution in [2.24, 2.45) is 7.05 Å². The molecule has 1 N–H and O–H groups in total. The zero-order chi connectivity index (χ0) is 25.2. The van der Waals surface area contributed by atoms with Gasteiger partial charge in [0.15, 0.2) is 12.2 Å². The summed E-state index contributed by atoms with van der Waals surface area (Å²) >= 11 is 0. The molecular formula is C27H22N4O5. The van der Waals surface area contributed by atoms with Crippen LogP contribution in [-0.2, 0) is 16.6 Å². The van der Waals surface area contributed by atoms with E-state index in [1.54, 1.807) is 61.1 Å². The largest absolute Gasteiger partial charge is 0.452 e. The summed E-state index contributed by atoms with van der Waals surface area (Å²) in [5.41, 5.74) is 2.86. The van der Waals surface area contributed by atoms with E-state index in [1.807, 2.05) is 36.4 Å². The monoisotopic (exact) mass is 482 g/mol. The molecule has 5 aromatic rings. The average Bonchev–Trinajstić information content (AvgIpc) is 3.42. The van der Waals surface area contributed by atoms with E-state index in [0.717, 1.165) is 0 Å². The van der Waals surface area contributed by atoms with Crippen molar-refractivity contribution >= 4 is 28.7 Å². The third kappa shape index (κ3) is 4.18. The minimum absolute atomic E-state index is 0.120. The molecule has 0 aliphatic heterocycles. The zero-order valence-electron chi connectivity index (χ0n) is 19.6. The van der Waals surface area contributed by atoms with Crippen LogP contribution in [0, 0.1) is 6.92 Å². The molecule has 0 unspecified atom stereocenters. The third-order valence-electron chi connectivity index (χ3n) is 5.82. The Morgan fingerprint density at radius 2 is 1.67 bits per heavy atom. The summed E-state index contributed by atoms with van der Waals surface area (Å²) in [6.45, 7) is 1.15. The molecule has 2 heterocycles. The number of amides is 1. The Balaban J connectivity index is 1.32. The Kier molecular flexibility index (Phi) is 5.95. The minimum atomic E-state index is -0.713. The molecule has 0 spiro atoms. The number of ether oxygens (including phenoxy) is 1. The van der Waals surface area contributed by atoms with Gasteiger partial charge in [0, 0.05) is 7.05 Å². The van der Waals surface area contributed by atoms with Crippen molar-refractivity contribution in [3.8, 4) is 17.1 Å². The molecule has 180 valence electrons. The molecule has 3 aromatic carbocycles. The molecule has 0 saturated carbocycles. The van der Waals surface area contributed by atoms with Gasteiger partial charge in [-0.25, -0.2) is 14.5 Å². The molecule has 0 aliphatic carbocycles. The van der Waals surface area contributed by atoms with Crippen molar-refractivity contribution in [2.45, 2.75) is 6.92 Å². The van der Waals surface area contributed by atoms with Gasteiger partial charge in [-0.1, -0.05) is 42.5 Å². The Bertz CT molecular complexity index is 1610. The molecule has 0 saturated heterocycles. The number of anilines is 1. The molecule has 0 aliphatic rings. The zero-order valence-corrected chi connectivity index (χ0v) is 19.6. The van der Waals surface area contributed by atoms with Crippen LogP contribution in [-0.4, -0.2) is 32.8 Å². The van der Waals surface area contributed by atoms with Gasteiger partial charge in [0.1, 0.15) is 11.2 Å². The minimum Gasteiger partial charge on any atom is -0.452 e. The van der Waals surface area contributed by atoms with Gasteiger partial charge in [-0.3, -0.25) is 14.3 Å². The highest BCUT2D eigenvalue weighted by Crippen LogP contribution is 2.27. The molecule has 9 nitrogen and oxygen atoms in total. The van der Waals surface area contributed by atoms with E-state index in [-0.39, 0.29) is 22.7 Å². The first-order valence-corrected chi connectivity index (χ1v) is 11.2. The predicted octanol–water partition coefficient (Wildman–Crippen LogP) is 4.09. The van der Waals surface area contributed by atoms with E-state index in [0.29, 0.717) is 28.0 Å². The second-order valence-corrected chi connectivity index (χ2v) is 8.09. The van der Waals surface area contributed by atoms with Gasteiger partial charge >= 0.3 is 5.97 Å². The van der Waals surface area contributed by atoms with Crippen molar-refractivity contribution in [3.63, 3.8) is 0 Å². The highest BCUT2D eigenvalue weighted by Gasteiger charge is 2.21. The summed E-state index contributed by atoms with van der Waals surface area (Å²) in [4.78, 5) is 42.9. The Labute approximate surface area is 205 Å². The number of hydrogen-bond acceptors (Lipinski definition) is 6. The van der Waals surface area contributed by atoms with Crippen LogP contribution in [0.2, 0.25) is 0 Å². The molecule has 1 amide bonds. The lowest BCUT2D eigenvalue weighted by Crippen LogP contribution is -2.26. The van der Waals surface area contributed by atoms with Gasteiger partial charge in [-0.05, 0) is 43.3 Å². The van der Waals surface area contributed by atoms with E-state index < -0.39 is 18.5 Å². The molecule has 2 aromatic heterocycles. The smallest absolute Gasteiger partial charge is 0.339 e. The second-order valence-electron chi connectivity index (χ2n) is 8.09. The molecule has 0 atom stereocenters. The van der Waals surface area contributed by atoms with Gasteiger partial charge in [0.05, 0.1) is 22.5 Å². The topological polar surface area (TPSA) is 108 Å². The Hall–Kier alpha value is -4.92. The van der Waals surface area contributed by atoms with Gasteiger partial charge in [0.2, 0.25) is 5.89 Å². The van der Waals surface area contributed by atoms with Crippen LogP contribution < -0.4 is 10.9 Å². The lowest BCUT2D eigenvalue weighted by atomic mass is 10.1. The van der Waals surface area contributed by atoms with Gasteiger partial charge < -0.3 is 14.5 Å². The fourth-order valence-corrected chi connectivity index (χ4v) is 3.93.